The zero-order valence-electron chi connectivity index (χ0n) is 7.22. The summed E-state index contributed by atoms with van der Waals surface area (Å²) in [5.74, 6) is 0. The van der Waals surface area contributed by atoms with Gasteiger partial charge in [0.05, 0.1) is 0 Å². The molecule has 0 rings (SSSR count). The van der Waals surface area contributed by atoms with Gasteiger partial charge in [-0.25, -0.2) is 9.90 Å². The van der Waals surface area contributed by atoms with Gasteiger partial charge in [-0.1, -0.05) is 26.2 Å². The van der Waals surface area contributed by atoms with E-state index in [1.165, 1.54) is 6.42 Å². The second-order valence-corrected chi connectivity index (χ2v) is 2.83. The molecule has 3 heteroatoms. The van der Waals surface area contributed by atoms with E-state index in [0.717, 1.165) is 19.3 Å². The van der Waals surface area contributed by atoms with Crippen molar-refractivity contribution in [1.29, 1.82) is 0 Å². The summed E-state index contributed by atoms with van der Waals surface area (Å²) in [6, 6.07) is 0.0338. The van der Waals surface area contributed by atoms with Crippen molar-refractivity contribution >= 4 is 6.09 Å². The van der Waals surface area contributed by atoms with Crippen molar-refractivity contribution in [2.24, 2.45) is 0 Å². The molecular weight excluding hydrogens is 142 g/mol. The fourth-order valence-corrected chi connectivity index (χ4v) is 0.974. The molecule has 0 fully saturated rings. The van der Waals surface area contributed by atoms with Gasteiger partial charge in [-0.3, -0.25) is 0 Å². The number of amides is 1. The monoisotopic (exact) mass is 158 g/mol. The van der Waals surface area contributed by atoms with Crippen LogP contribution in [0.15, 0.2) is 0 Å². The van der Waals surface area contributed by atoms with E-state index < -0.39 is 6.09 Å². The number of nitrogens with one attached hydrogen (secondary N) is 1. The Morgan fingerprint density at radius 1 is 1.45 bits per heavy atom. The molecule has 0 aromatic rings. The molecule has 1 amide bonds. The molecule has 1 atom stereocenters. The standard InChI is InChI=1S/C8H16NO2/c1-3-4-5-6-7(2)9-8(10)11/h7,9H,3-6H2,1-2H3. The maximum atomic E-state index is 10.0. The average molecular weight is 158 g/mol. The Morgan fingerprint density at radius 2 is 2.09 bits per heavy atom. The van der Waals surface area contributed by atoms with E-state index in [0.29, 0.717) is 0 Å². The molecule has 3 nitrogen and oxygen atoms in total. The molecule has 0 aliphatic carbocycles. The number of unbranched alkanes of at least 4 members (excludes halogenated alkanes) is 2. The molecule has 0 aromatic heterocycles. The molecule has 0 spiro atoms. The highest BCUT2D eigenvalue weighted by Gasteiger charge is 2.04. The fraction of sp³-hybridized carbons (Fsp3) is 0.875. The van der Waals surface area contributed by atoms with Crippen LogP contribution >= 0.6 is 0 Å². The van der Waals surface area contributed by atoms with Crippen molar-refractivity contribution in [3.63, 3.8) is 0 Å². The molecule has 0 aliphatic rings. The predicted molar refractivity (Wildman–Crippen MR) is 42.8 cm³/mol. The first-order chi connectivity index (χ1) is 5.16. The molecule has 1 N–H and O–H groups in total. The Balaban J connectivity index is 3.22. The van der Waals surface area contributed by atoms with Crippen LogP contribution in [0.5, 0.6) is 0 Å². The van der Waals surface area contributed by atoms with Crippen LogP contribution in [0.1, 0.15) is 39.5 Å². The lowest BCUT2D eigenvalue weighted by atomic mass is 10.1. The quantitative estimate of drug-likeness (QED) is 0.612. The van der Waals surface area contributed by atoms with Gasteiger partial charge in [-0.2, -0.15) is 0 Å². The summed E-state index contributed by atoms with van der Waals surface area (Å²) >= 11 is 0. The summed E-state index contributed by atoms with van der Waals surface area (Å²) in [5, 5.41) is 12.3. The van der Waals surface area contributed by atoms with E-state index in [4.69, 9.17) is 0 Å². The predicted octanol–water partition coefficient (Wildman–Crippen LogP) is 2.10. The Kier molecular flexibility index (Phi) is 5.61. The van der Waals surface area contributed by atoms with E-state index in [1.54, 1.807) is 0 Å². The van der Waals surface area contributed by atoms with Crippen molar-refractivity contribution < 1.29 is 9.90 Å². The largest absolute Gasteiger partial charge is 0.450 e. The van der Waals surface area contributed by atoms with Gasteiger partial charge in [-0.15, -0.1) is 0 Å². The fourth-order valence-electron chi connectivity index (χ4n) is 0.974. The Hall–Kier alpha value is -0.730. The van der Waals surface area contributed by atoms with E-state index >= 15 is 0 Å². The van der Waals surface area contributed by atoms with Crippen molar-refractivity contribution in [2.45, 2.75) is 45.6 Å². The van der Waals surface area contributed by atoms with Gasteiger partial charge in [0.25, 0.3) is 0 Å². The number of hydrogen-bond donors (Lipinski definition) is 1. The summed E-state index contributed by atoms with van der Waals surface area (Å²) in [6.45, 7) is 3.97. The van der Waals surface area contributed by atoms with Crippen molar-refractivity contribution in [1.82, 2.24) is 5.32 Å². The lowest BCUT2D eigenvalue weighted by molar-refractivity contribution is 0.164. The van der Waals surface area contributed by atoms with Crippen LogP contribution in [0, 0.1) is 0 Å². The van der Waals surface area contributed by atoms with E-state index in [1.807, 2.05) is 6.92 Å². The SMILES string of the molecule is CCCCCC(C)NC([O])=O. The van der Waals surface area contributed by atoms with Gasteiger partial charge in [0, 0.05) is 6.04 Å². The summed E-state index contributed by atoms with van der Waals surface area (Å²) in [7, 11) is 0. The summed E-state index contributed by atoms with van der Waals surface area (Å²) < 4.78 is 0. The minimum Gasteiger partial charge on any atom is -0.316 e. The minimum absolute atomic E-state index is 0.0338. The van der Waals surface area contributed by atoms with E-state index in [9.17, 15) is 9.90 Å². The maximum absolute atomic E-state index is 10.0. The second-order valence-electron chi connectivity index (χ2n) is 2.83. The molecule has 11 heavy (non-hydrogen) atoms. The van der Waals surface area contributed by atoms with Crippen LogP contribution in [0.2, 0.25) is 0 Å². The number of rotatable bonds is 5. The molecule has 1 unspecified atom stereocenters. The third-order valence-corrected chi connectivity index (χ3v) is 1.60. The van der Waals surface area contributed by atoms with Crippen molar-refractivity contribution in [2.75, 3.05) is 0 Å². The Bertz CT molecular complexity index is 115. The van der Waals surface area contributed by atoms with Gasteiger partial charge in [0.1, 0.15) is 0 Å². The van der Waals surface area contributed by atoms with Crippen LogP contribution in [-0.4, -0.2) is 12.1 Å². The smallest absolute Gasteiger partial charge is 0.316 e. The lowest BCUT2D eigenvalue weighted by Gasteiger charge is -2.08. The molecule has 1 radical (unpaired) electrons. The van der Waals surface area contributed by atoms with E-state index in [2.05, 4.69) is 12.2 Å². The molecule has 0 aliphatic heterocycles. The summed E-state index contributed by atoms with van der Waals surface area (Å²) in [5.41, 5.74) is 0. The highest BCUT2D eigenvalue weighted by molar-refractivity contribution is 5.64. The molecular formula is C8H16NO2. The number of carbonyl (C=O) groups excluding carboxylic acids is 1. The van der Waals surface area contributed by atoms with Crippen LogP contribution in [-0.2, 0) is 5.11 Å². The van der Waals surface area contributed by atoms with Gasteiger partial charge < -0.3 is 5.32 Å². The number of hydrogen-bond acceptors (Lipinski definition) is 1. The van der Waals surface area contributed by atoms with Crippen LogP contribution in [0.3, 0.4) is 0 Å². The third-order valence-electron chi connectivity index (χ3n) is 1.60. The second kappa shape index (κ2) is 6.01. The lowest BCUT2D eigenvalue weighted by Crippen LogP contribution is -2.30. The van der Waals surface area contributed by atoms with Crippen molar-refractivity contribution in [3.8, 4) is 0 Å². The van der Waals surface area contributed by atoms with Crippen LogP contribution in [0.25, 0.3) is 0 Å². The van der Waals surface area contributed by atoms with Crippen LogP contribution in [0.4, 0.5) is 4.79 Å². The first-order valence-electron chi connectivity index (χ1n) is 4.14. The molecule has 65 valence electrons. The summed E-state index contributed by atoms with van der Waals surface area (Å²) in [6.07, 6.45) is 3.14. The zero-order valence-corrected chi connectivity index (χ0v) is 7.22. The topological polar surface area (TPSA) is 49.0 Å². The molecule has 0 aromatic carbocycles. The molecule has 0 saturated carbocycles. The highest BCUT2D eigenvalue weighted by atomic mass is 16.4. The zero-order chi connectivity index (χ0) is 8.69. The average Bonchev–Trinajstić information content (AvgIpc) is 1.86. The van der Waals surface area contributed by atoms with Crippen LogP contribution < -0.4 is 5.32 Å². The van der Waals surface area contributed by atoms with Gasteiger partial charge >= 0.3 is 6.09 Å². The van der Waals surface area contributed by atoms with Crippen molar-refractivity contribution in [3.05, 3.63) is 0 Å². The normalized spacial score (nSPS) is 12.5. The minimum atomic E-state index is -1.17. The van der Waals surface area contributed by atoms with Gasteiger partial charge in [0.15, 0.2) is 0 Å². The van der Waals surface area contributed by atoms with Gasteiger partial charge in [-0.05, 0) is 13.3 Å². The first kappa shape index (κ1) is 10.3. The number of carbonyl (C=O) groups is 1. The summed E-state index contributed by atoms with van der Waals surface area (Å²) in [4.78, 5) is 10.0. The molecule has 0 saturated heterocycles. The first-order valence-corrected chi connectivity index (χ1v) is 4.14. The molecule has 0 heterocycles. The highest BCUT2D eigenvalue weighted by Crippen LogP contribution is 2.02. The third kappa shape index (κ3) is 7.16. The Labute approximate surface area is 67.8 Å². The molecule has 0 bridgehead atoms. The maximum Gasteiger partial charge on any atom is 0.450 e. The van der Waals surface area contributed by atoms with E-state index in [-0.39, 0.29) is 6.04 Å². The Morgan fingerprint density at radius 3 is 2.55 bits per heavy atom. The van der Waals surface area contributed by atoms with Gasteiger partial charge in [0.2, 0.25) is 0 Å².